The summed E-state index contributed by atoms with van der Waals surface area (Å²) in [4.78, 5) is 17.0. The molecule has 0 fully saturated rings. The van der Waals surface area contributed by atoms with E-state index in [9.17, 15) is 9.18 Å². The van der Waals surface area contributed by atoms with Gasteiger partial charge in [-0.25, -0.2) is 4.39 Å². The van der Waals surface area contributed by atoms with E-state index >= 15 is 0 Å². The van der Waals surface area contributed by atoms with E-state index < -0.39 is 0 Å². The number of halogens is 1. The molecule has 0 N–H and O–H groups in total. The van der Waals surface area contributed by atoms with Gasteiger partial charge in [-0.15, -0.1) is 0 Å². The van der Waals surface area contributed by atoms with Crippen LogP contribution in [0.2, 0.25) is 0 Å². The summed E-state index contributed by atoms with van der Waals surface area (Å²) in [6.45, 7) is 5.23. The third kappa shape index (κ3) is 5.20. The van der Waals surface area contributed by atoms with E-state index in [1.54, 1.807) is 41.2 Å². The van der Waals surface area contributed by atoms with Crippen LogP contribution in [0.25, 0.3) is 16.9 Å². The Morgan fingerprint density at radius 1 is 1.12 bits per heavy atom. The lowest BCUT2D eigenvalue weighted by atomic mass is 10.1. The SMILES string of the molecule is COCCN(C(=O)c1cc(C)ccc1-n1nccn1)[C@@H](C)Cn1ccc(-c2ccc(F)cc2)n1. The molecule has 0 saturated carbocycles. The number of carbonyl (C=O) groups excluding carboxylic acids is 1. The Morgan fingerprint density at radius 2 is 1.85 bits per heavy atom. The lowest BCUT2D eigenvalue weighted by molar-refractivity contribution is 0.0595. The fourth-order valence-corrected chi connectivity index (χ4v) is 3.81. The highest BCUT2D eigenvalue weighted by molar-refractivity contribution is 5.98. The van der Waals surface area contributed by atoms with Gasteiger partial charge in [-0.2, -0.15) is 20.1 Å². The topological polar surface area (TPSA) is 78.1 Å². The maximum absolute atomic E-state index is 13.7. The third-order valence-corrected chi connectivity index (χ3v) is 5.58. The zero-order valence-corrected chi connectivity index (χ0v) is 19.4. The predicted octanol–water partition coefficient (Wildman–Crippen LogP) is 3.76. The number of aryl methyl sites for hydroxylation is 1. The average molecular weight is 463 g/mol. The Morgan fingerprint density at radius 3 is 2.56 bits per heavy atom. The number of amides is 1. The van der Waals surface area contributed by atoms with E-state index in [0.29, 0.717) is 30.9 Å². The van der Waals surface area contributed by atoms with E-state index in [2.05, 4.69) is 15.3 Å². The van der Waals surface area contributed by atoms with Crippen LogP contribution in [0.3, 0.4) is 0 Å². The van der Waals surface area contributed by atoms with Crippen LogP contribution in [0.15, 0.2) is 67.1 Å². The highest BCUT2D eigenvalue weighted by Gasteiger charge is 2.25. The lowest BCUT2D eigenvalue weighted by Crippen LogP contribution is -2.43. The molecule has 2 heterocycles. The van der Waals surface area contributed by atoms with Crippen LogP contribution < -0.4 is 0 Å². The van der Waals surface area contributed by atoms with Gasteiger partial charge in [0.25, 0.3) is 5.91 Å². The number of hydrogen-bond donors (Lipinski definition) is 0. The molecule has 34 heavy (non-hydrogen) atoms. The van der Waals surface area contributed by atoms with Crippen LogP contribution in [-0.4, -0.2) is 61.9 Å². The Labute approximate surface area is 197 Å². The summed E-state index contributed by atoms with van der Waals surface area (Å²) in [6, 6.07) is 13.6. The van der Waals surface area contributed by atoms with Gasteiger partial charge in [0.1, 0.15) is 5.82 Å². The summed E-state index contributed by atoms with van der Waals surface area (Å²) in [5.74, 6) is -0.420. The van der Waals surface area contributed by atoms with Gasteiger partial charge in [0.15, 0.2) is 0 Å². The molecule has 0 aliphatic rings. The van der Waals surface area contributed by atoms with Crippen LogP contribution in [0.5, 0.6) is 0 Å². The number of carbonyl (C=O) groups is 1. The third-order valence-electron chi connectivity index (χ3n) is 5.58. The quantitative estimate of drug-likeness (QED) is 0.379. The molecule has 0 spiro atoms. The second-order valence-electron chi connectivity index (χ2n) is 8.11. The molecule has 0 aliphatic carbocycles. The van der Waals surface area contributed by atoms with Crippen molar-refractivity contribution >= 4 is 5.91 Å². The van der Waals surface area contributed by atoms with Crippen LogP contribution in [-0.2, 0) is 11.3 Å². The smallest absolute Gasteiger partial charge is 0.256 e. The molecule has 0 bridgehead atoms. The molecule has 0 aliphatic heterocycles. The standard InChI is InChI=1S/C25H27FN6O2/c1-18-4-9-24(32-27-11-12-28-32)22(16-18)25(33)31(14-15-34-3)19(2)17-30-13-10-23(29-30)20-5-7-21(26)8-6-20/h4-13,16,19H,14-15,17H2,1-3H3/t19-/m0/s1. The van der Waals surface area contributed by atoms with Gasteiger partial charge in [0.05, 0.1) is 42.5 Å². The predicted molar refractivity (Wildman–Crippen MR) is 126 cm³/mol. The maximum Gasteiger partial charge on any atom is 0.256 e. The highest BCUT2D eigenvalue weighted by Crippen LogP contribution is 2.20. The van der Waals surface area contributed by atoms with Crippen molar-refractivity contribution in [3.63, 3.8) is 0 Å². The van der Waals surface area contributed by atoms with Crippen LogP contribution >= 0.6 is 0 Å². The van der Waals surface area contributed by atoms with E-state index in [0.717, 1.165) is 16.8 Å². The molecule has 4 rings (SSSR count). The highest BCUT2D eigenvalue weighted by atomic mass is 19.1. The first-order chi connectivity index (χ1) is 16.5. The van der Waals surface area contributed by atoms with E-state index in [1.807, 2.05) is 44.3 Å². The van der Waals surface area contributed by atoms with Crippen molar-refractivity contribution in [1.29, 1.82) is 0 Å². The number of benzene rings is 2. The molecule has 0 radical (unpaired) electrons. The Bertz CT molecular complexity index is 1240. The van der Waals surface area contributed by atoms with Crippen molar-refractivity contribution in [2.24, 2.45) is 0 Å². The molecule has 1 amide bonds. The molecule has 8 nitrogen and oxygen atoms in total. The van der Waals surface area contributed by atoms with Gasteiger partial charge in [-0.05, 0) is 56.3 Å². The second-order valence-corrected chi connectivity index (χ2v) is 8.11. The number of nitrogens with zero attached hydrogens (tertiary/aromatic N) is 6. The van der Waals surface area contributed by atoms with E-state index in [1.165, 1.54) is 16.9 Å². The van der Waals surface area contributed by atoms with Gasteiger partial charge in [-0.3, -0.25) is 9.48 Å². The maximum atomic E-state index is 13.7. The number of methoxy groups -OCH3 is 1. The Hall–Kier alpha value is -3.85. The van der Waals surface area contributed by atoms with Crippen molar-refractivity contribution in [3.05, 3.63) is 84.1 Å². The summed E-state index contributed by atoms with van der Waals surface area (Å²) < 4.78 is 20.3. The molecule has 0 saturated heterocycles. The molecular formula is C25H27FN6O2. The van der Waals surface area contributed by atoms with Crippen molar-refractivity contribution in [2.75, 3.05) is 20.3 Å². The molecular weight excluding hydrogens is 435 g/mol. The van der Waals surface area contributed by atoms with Crippen LogP contribution in [0, 0.1) is 12.7 Å². The van der Waals surface area contributed by atoms with Crippen molar-refractivity contribution in [3.8, 4) is 16.9 Å². The molecule has 0 unspecified atom stereocenters. The van der Waals surface area contributed by atoms with Crippen molar-refractivity contribution < 1.29 is 13.9 Å². The number of aromatic nitrogens is 5. The average Bonchev–Trinajstić information content (AvgIpc) is 3.52. The first-order valence-electron chi connectivity index (χ1n) is 11.0. The molecule has 176 valence electrons. The van der Waals surface area contributed by atoms with E-state index in [-0.39, 0.29) is 17.8 Å². The van der Waals surface area contributed by atoms with E-state index in [4.69, 9.17) is 4.74 Å². The largest absolute Gasteiger partial charge is 0.383 e. The molecule has 4 aromatic rings. The molecule has 2 aromatic heterocycles. The first kappa shape index (κ1) is 23.3. The Balaban J connectivity index is 1.58. The van der Waals surface area contributed by atoms with Gasteiger partial charge >= 0.3 is 0 Å². The van der Waals surface area contributed by atoms with Crippen molar-refractivity contribution in [2.45, 2.75) is 26.4 Å². The molecule has 9 heteroatoms. The number of hydrogen-bond acceptors (Lipinski definition) is 5. The van der Waals surface area contributed by atoms with Gasteiger partial charge in [-0.1, -0.05) is 11.6 Å². The molecule has 1 atom stereocenters. The van der Waals surface area contributed by atoms with Gasteiger partial charge < -0.3 is 9.64 Å². The Kier molecular flexibility index (Phi) is 7.12. The lowest BCUT2D eigenvalue weighted by Gasteiger charge is -2.30. The van der Waals surface area contributed by atoms with Crippen molar-refractivity contribution in [1.82, 2.24) is 29.7 Å². The van der Waals surface area contributed by atoms with Crippen LogP contribution in [0.1, 0.15) is 22.8 Å². The molecule has 2 aromatic carbocycles. The minimum atomic E-state index is -0.287. The minimum Gasteiger partial charge on any atom is -0.383 e. The second kappa shape index (κ2) is 10.4. The summed E-state index contributed by atoms with van der Waals surface area (Å²) in [5, 5.41) is 13.0. The van der Waals surface area contributed by atoms with Gasteiger partial charge in [0.2, 0.25) is 0 Å². The summed E-state index contributed by atoms with van der Waals surface area (Å²) in [7, 11) is 1.61. The summed E-state index contributed by atoms with van der Waals surface area (Å²) in [5.41, 5.74) is 3.68. The zero-order valence-electron chi connectivity index (χ0n) is 19.4. The number of ether oxygens (including phenoxy) is 1. The number of rotatable bonds is 9. The fourth-order valence-electron chi connectivity index (χ4n) is 3.81. The zero-order chi connectivity index (χ0) is 24.1. The first-order valence-corrected chi connectivity index (χ1v) is 11.0. The fraction of sp³-hybridized carbons (Fsp3) is 0.280. The monoisotopic (exact) mass is 462 g/mol. The van der Waals surface area contributed by atoms with Gasteiger partial charge in [0, 0.05) is 31.5 Å². The van der Waals surface area contributed by atoms with Crippen LogP contribution in [0.4, 0.5) is 4.39 Å². The summed E-state index contributed by atoms with van der Waals surface area (Å²) in [6.07, 6.45) is 5.02. The minimum absolute atomic E-state index is 0.133. The summed E-state index contributed by atoms with van der Waals surface area (Å²) >= 11 is 0. The normalized spacial score (nSPS) is 12.0.